The number of carboxylic acid groups (broad SMARTS) is 1. The highest BCUT2D eigenvalue weighted by molar-refractivity contribution is 7.13. The number of rotatable bonds is 7. The Balaban J connectivity index is 2.06. The van der Waals surface area contributed by atoms with Crippen LogP contribution in [0.4, 0.5) is 4.39 Å². The van der Waals surface area contributed by atoms with Gasteiger partial charge in [0.05, 0.1) is 11.6 Å². The molecule has 1 aromatic heterocycles. The first-order valence-electron chi connectivity index (χ1n) is 7.32. The lowest BCUT2D eigenvalue weighted by molar-refractivity contribution is -0.145. The summed E-state index contributed by atoms with van der Waals surface area (Å²) in [7, 11) is 0. The van der Waals surface area contributed by atoms with Gasteiger partial charge in [-0.1, -0.05) is 26.0 Å². The van der Waals surface area contributed by atoms with Crippen LogP contribution in [0.1, 0.15) is 26.0 Å². The van der Waals surface area contributed by atoms with Crippen LogP contribution in [0.15, 0.2) is 29.6 Å². The highest BCUT2D eigenvalue weighted by Gasteiger charge is 2.25. The van der Waals surface area contributed by atoms with Crippen LogP contribution in [-0.2, 0) is 16.0 Å². The summed E-state index contributed by atoms with van der Waals surface area (Å²) in [4.78, 5) is 27.5. The average molecular weight is 335 g/mol. The highest BCUT2D eigenvalue weighted by Crippen LogP contribution is 2.26. The minimum absolute atomic E-state index is 0.0143. The van der Waals surface area contributed by atoms with E-state index in [4.69, 9.17) is 5.11 Å². The third-order valence-electron chi connectivity index (χ3n) is 3.60. The van der Waals surface area contributed by atoms with Gasteiger partial charge in [0.25, 0.3) is 0 Å². The molecule has 2 aromatic rings. The lowest BCUT2D eigenvalue weighted by Gasteiger charge is -2.14. The van der Waals surface area contributed by atoms with Gasteiger partial charge in [-0.2, -0.15) is 0 Å². The molecule has 23 heavy (non-hydrogen) atoms. The molecule has 1 N–H and O–H groups in total. The molecule has 6 heteroatoms. The van der Waals surface area contributed by atoms with Crippen molar-refractivity contribution >= 4 is 23.1 Å². The summed E-state index contributed by atoms with van der Waals surface area (Å²) in [5, 5.41) is 11.4. The SMILES string of the molecule is CC(C)[C@H](CC(=O)Cc1csc(-c2ccccc2F)n1)C(=O)O. The van der Waals surface area contributed by atoms with Crippen LogP contribution >= 0.6 is 11.3 Å². The normalized spacial score (nSPS) is 12.3. The maximum absolute atomic E-state index is 13.7. The third-order valence-corrected chi connectivity index (χ3v) is 4.53. The Morgan fingerprint density at radius 1 is 1.30 bits per heavy atom. The lowest BCUT2D eigenvalue weighted by atomic mass is 9.90. The Hall–Kier alpha value is -2.08. The minimum Gasteiger partial charge on any atom is -0.481 e. The van der Waals surface area contributed by atoms with E-state index in [9.17, 15) is 14.0 Å². The van der Waals surface area contributed by atoms with Crippen molar-refractivity contribution in [2.45, 2.75) is 26.7 Å². The number of hydrogen-bond acceptors (Lipinski definition) is 4. The van der Waals surface area contributed by atoms with Gasteiger partial charge >= 0.3 is 5.97 Å². The molecule has 0 unspecified atom stereocenters. The predicted molar refractivity (Wildman–Crippen MR) is 86.8 cm³/mol. The molecule has 0 spiro atoms. The Bertz CT molecular complexity index is 711. The number of benzene rings is 1. The smallest absolute Gasteiger partial charge is 0.307 e. The fraction of sp³-hybridized carbons (Fsp3) is 0.353. The summed E-state index contributed by atoms with van der Waals surface area (Å²) in [6.07, 6.45) is 0.0566. The molecule has 0 saturated heterocycles. The second-order valence-corrected chi connectivity index (χ2v) is 6.59. The summed E-state index contributed by atoms with van der Waals surface area (Å²) in [6, 6.07) is 6.33. The van der Waals surface area contributed by atoms with Gasteiger partial charge in [0.2, 0.25) is 0 Å². The molecule has 0 fully saturated rings. The van der Waals surface area contributed by atoms with Gasteiger partial charge in [-0.05, 0) is 18.1 Å². The van der Waals surface area contributed by atoms with Gasteiger partial charge in [-0.25, -0.2) is 9.37 Å². The van der Waals surface area contributed by atoms with Crippen LogP contribution in [0.2, 0.25) is 0 Å². The largest absolute Gasteiger partial charge is 0.481 e. The van der Waals surface area contributed by atoms with E-state index in [0.29, 0.717) is 16.3 Å². The number of carbonyl (C=O) groups excluding carboxylic acids is 1. The molecule has 122 valence electrons. The maximum Gasteiger partial charge on any atom is 0.307 e. The quantitative estimate of drug-likeness (QED) is 0.835. The number of aliphatic carboxylic acids is 1. The monoisotopic (exact) mass is 335 g/mol. The average Bonchev–Trinajstić information content (AvgIpc) is 2.92. The summed E-state index contributed by atoms with van der Waals surface area (Å²) >= 11 is 1.27. The van der Waals surface area contributed by atoms with E-state index < -0.39 is 11.9 Å². The summed E-state index contributed by atoms with van der Waals surface area (Å²) in [5.74, 6) is -2.28. The van der Waals surface area contributed by atoms with Crippen molar-refractivity contribution in [3.63, 3.8) is 0 Å². The molecule has 0 aliphatic heterocycles. The number of ketones is 1. The van der Waals surface area contributed by atoms with E-state index in [1.54, 1.807) is 37.4 Å². The highest BCUT2D eigenvalue weighted by atomic mass is 32.1. The number of carboxylic acids is 1. The molecular formula is C17H18FNO3S. The van der Waals surface area contributed by atoms with Crippen LogP contribution in [-0.4, -0.2) is 21.8 Å². The number of nitrogens with zero attached hydrogens (tertiary/aromatic N) is 1. The fourth-order valence-corrected chi connectivity index (χ4v) is 3.12. The van der Waals surface area contributed by atoms with Gasteiger partial charge in [-0.15, -0.1) is 11.3 Å². The van der Waals surface area contributed by atoms with Crippen LogP contribution in [0, 0.1) is 17.7 Å². The van der Waals surface area contributed by atoms with Crippen molar-refractivity contribution < 1.29 is 19.1 Å². The maximum atomic E-state index is 13.7. The predicted octanol–water partition coefficient (Wildman–Crippen LogP) is 3.81. The molecule has 4 nitrogen and oxygen atoms in total. The topological polar surface area (TPSA) is 67.3 Å². The number of aromatic nitrogens is 1. The van der Waals surface area contributed by atoms with E-state index in [-0.39, 0.29) is 30.4 Å². The van der Waals surface area contributed by atoms with Gasteiger partial charge in [0.1, 0.15) is 16.6 Å². The molecule has 0 aliphatic carbocycles. The van der Waals surface area contributed by atoms with E-state index in [1.807, 2.05) is 0 Å². The molecule has 1 heterocycles. The molecule has 1 aromatic carbocycles. The van der Waals surface area contributed by atoms with Crippen molar-refractivity contribution in [2.24, 2.45) is 11.8 Å². The minimum atomic E-state index is -0.960. The summed E-state index contributed by atoms with van der Waals surface area (Å²) in [6.45, 7) is 3.57. The summed E-state index contributed by atoms with van der Waals surface area (Å²) in [5.41, 5.74) is 0.952. The fourth-order valence-electron chi connectivity index (χ4n) is 2.27. The first-order chi connectivity index (χ1) is 10.9. The molecular weight excluding hydrogens is 317 g/mol. The van der Waals surface area contributed by atoms with Gasteiger partial charge in [-0.3, -0.25) is 9.59 Å². The number of hydrogen-bond donors (Lipinski definition) is 1. The Labute approximate surface area is 138 Å². The van der Waals surface area contributed by atoms with Gasteiger partial charge in [0.15, 0.2) is 0 Å². The van der Waals surface area contributed by atoms with Crippen molar-refractivity contribution in [3.8, 4) is 10.6 Å². The van der Waals surface area contributed by atoms with Crippen LogP contribution in [0.5, 0.6) is 0 Å². The van der Waals surface area contributed by atoms with Crippen molar-refractivity contribution in [1.82, 2.24) is 4.98 Å². The number of Topliss-reactive ketones (excluding diaryl/α,β-unsaturated/α-hetero) is 1. The summed E-state index contributed by atoms with van der Waals surface area (Å²) < 4.78 is 13.7. The van der Waals surface area contributed by atoms with Crippen molar-refractivity contribution in [2.75, 3.05) is 0 Å². The van der Waals surface area contributed by atoms with Crippen LogP contribution in [0.25, 0.3) is 10.6 Å². The van der Waals surface area contributed by atoms with Crippen LogP contribution < -0.4 is 0 Å². The standard InChI is InChI=1S/C17H18FNO3S/c1-10(2)14(17(21)22)8-12(20)7-11-9-23-16(19-11)13-5-3-4-6-15(13)18/h3-6,9-10,14H,7-8H2,1-2H3,(H,21,22)/t14-/m0/s1. The number of halogens is 1. The van der Waals surface area contributed by atoms with Crippen molar-refractivity contribution in [3.05, 3.63) is 41.2 Å². The second-order valence-electron chi connectivity index (χ2n) is 5.73. The van der Waals surface area contributed by atoms with Crippen molar-refractivity contribution in [1.29, 1.82) is 0 Å². The first-order valence-corrected chi connectivity index (χ1v) is 8.20. The van der Waals surface area contributed by atoms with E-state index >= 15 is 0 Å². The Morgan fingerprint density at radius 2 is 2.00 bits per heavy atom. The Kier molecular flexibility index (Phi) is 5.60. The zero-order chi connectivity index (χ0) is 17.0. The third kappa shape index (κ3) is 4.45. The van der Waals surface area contributed by atoms with E-state index in [0.717, 1.165) is 0 Å². The van der Waals surface area contributed by atoms with E-state index in [2.05, 4.69) is 4.98 Å². The second kappa shape index (κ2) is 7.46. The zero-order valence-electron chi connectivity index (χ0n) is 13.0. The molecule has 0 saturated carbocycles. The number of carbonyl (C=O) groups is 2. The number of thiazole rings is 1. The molecule has 0 radical (unpaired) electrons. The first kappa shape index (κ1) is 17.3. The Morgan fingerprint density at radius 3 is 2.61 bits per heavy atom. The zero-order valence-corrected chi connectivity index (χ0v) is 13.8. The molecule has 1 atom stereocenters. The van der Waals surface area contributed by atoms with Crippen LogP contribution in [0.3, 0.4) is 0 Å². The molecule has 0 bridgehead atoms. The lowest BCUT2D eigenvalue weighted by Crippen LogP contribution is -2.23. The molecule has 0 amide bonds. The van der Waals surface area contributed by atoms with Gasteiger partial charge < -0.3 is 5.11 Å². The molecule has 2 rings (SSSR count). The van der Waals surface area contributed by atoms with Gasteiger partial charge in [0, 0.05) is 23.8 Å². The molecule has 0 aliphatic rings. The van der Waals surface area contributed by atoms with E-state index in [1.165, 1.54) is 17.4 Å².